The highest BCUT2D eigenvalue weighted by Crippen LogP contribution is 2.49. The molecule has 3 aromatic carbocycles. The number of rotatable bonds is 2. The van der Waals surface area contributed by atoms with Gasteiger partial charge in [-0.05, 0) is 35.9 Å². The number of nitrogens with zero attached hydrogens (tertiary/aromatic N) is 1. The molecular weight excluding hydrogens is 343 g/mol. The molecule has 0 unspecified atom stereocenters. The van der Waals surface area contributed by atoms with E-state index >= 15 is 0 Å². The van der Waals surface area contributed by atoms with Gasteiger partial charge in [0.05, 0.1) is 5.69 Å². The van der Waals surface area contributed by atoms with Crippen molar-refractivity contribution >= 4 is 22.4 Å². The van der Waals surface area contributed by atoms with Crippen molar-refractivity contribution in [1.82, 2.24) is 4.98 Å². The van der Waals surface area contributed by atoms with Crippen molar-refractivity contribution in [3.8, 4) is 0 Å². The maximum absolute atomic E-state index is 14.0. The Kier molecular flexibility index (Phi) is 3.23. The number of hydrogen-bond acceptors (Lipinski definition) is 3. The lowest BCUT2D eigenvalue weighted by atomic mass is 9.79. The lowest BCUT2D eigenvalue weighted by molar-refractivity contribution is 0.0846. The summed E-state index contributed by atoms with van der Waals surface area (Å²) in [4.78, 5) is 16.7. The molecule has 1 aromatic heterocycles. The van der Waals surface area contributed by atoms with Crippen LogP contribution < -0.4 is 5.06 Å². The normalized spacial score (nSPS) is 18.9. The van der Waals surface area contributed by atoms with Gasteiger partial charge in [-0.25, -0.2) is 9.45 Å². The van der Waals surface area contributed by atoms with Gasteiger partial charge >= 0.3 is 0 Å². The number of nitrogens with one attached hydrogen (secondary N) is 1. The highest BCUT2D eigenvalue weighted by Gasteiger charge is 2.55. The molecule has 0 radical (unpaired) electrons. The summed E-state index contributed by atoms with van der Waals surface area (Å²) < 4.78 is 14.0. The van der Waals surface area contributed by atoms with Crippen LogP contribution in [0.4, 0.5) is 10.1 Å². The molecule has 0 fully saturated rings. The predicted molar refractivity (Wildman–Crippen MR) is 101 cm³/mol. The van der Waals surface area contributed by atoms with E-state index in [0.29, 0.717) is 33.3 Å². The number of aromatic amines is 1. The minimum Gasteiger partial charge on any atom is -0.361 e. The maximum atomic E-state index is 14.0. The fourth-order valence-electron chi connectivity index (χ4n) is 4.04. The summed E-state index contributed by atoms with van der Waals surface area (Å²) in [7, 11) is 0. The lowest BCUT2D eigenvalue weighted by Gasteiger charge is -2.34. The molecule has 1 aliphatic heterocycles. The number of hydroxylamine groups is 1. The van der Waals surface area contributed by atoms with Gasteiger partial charge in [0.1, 0.15) is 5.82 Å². The number of aromatic nitrogens is 1. The van der Waals surface area contributed by atoms with Crippen LogP contribution in [0.15, 0.2) is 79.0 Å². The van der Waals surface area contributed by atoms with Crippen LogP contribution in [0, 0.1) is 5.82 Å². The van der Waals surface area contributed by atoms with Crippen LogP contribution in [0.2, 0.25) is 0 Å². The Morgan fingerprint density at radius 2 is 1.70 bits per heavy atom. The van der Waals surface area contributed by atoms with E-state index in [1.807, 2.05) is 18.2 Å². The van der Waals surface area contributed by atoms with Gasteiger partial charge < -0.3 is 4.98 Å². The van der Waals surface area contributed by atoms with E-state index < -0.39 is 11.4 Å². The van der Waals surface area contributed by atoms with Gasteiger partial charge in [-0.3, -0.25) is 10.0 Å². The van der Waals surface area contributed by atoms with Crippen molar-refractivity contribution < 1.29 is 14.4 Å². The number of H-pyrrole nitrogens is 1. The van der Waals surface area contributed by atoms with Gasteiger partial charge in [0.2, 0.25) is 5.78 Å². The maximum Gasteiger partial charge on any atom is 0.202 e. The summed E-state index contributed by atoms with van der Waals surface area (Å²) >= 11 is 0. The minimum absolute atomic E-state index is 0.253. The fourth-order valence-corrected chi connectivity index (χ4v) is 4.04. The number of fused-ring (bicyclic) bond motifs is 2. The quantitative estimate of drug-likeness (QED) is 0.549. The number of carbonyl (C=O) groups excluding carboxylic acids is 1. The summed E-state index contributed by atoms with van der Waals surface area (Å²) in [6.45, 7) is 0. The first kappa shape index (κ1) is 15.8. The Morgan fingerprint density at radius 3 is 2.48 bits per heavy atom. The summed E-state index contributed by atoms with van der Waals surface area (Å²) in [6.07, 6.45) is 1.67. The molecule has 1 aliphatic rings. The van der Waals surface area contributed by atoms with Crippen LogP contribution in [0.25, 0.3) is 10.9 Å². The monoisotopic (exact) mass is 358 g/mol. The molecule has 27 heavy (non-hydrogen) atoms. The van der Waals surface area contributed by atoms with Crippen LogP contribution in [0.1, 0.15) is 21.5 Å². The SMILES string of the molecule is O=C1c2ccccc2N(O)[C@@]1(c1ccccc1)c1c[nH]c2ccc(F)cc12. The van der Waals surface area contributed by atoms with Gasteiger partial charge in [0.15, 0.2) is 5.54 Å². The molecule has 0 saturated carbocycles. The first-order valence-corrected chi connectivity index (χ1v) is 8.59. The number of hydrogen-bond donors (Lipinski definition) is 2. The van der Waals surface area contributed by atoms with E-state index in [0.717, 1.165) is 5.06 Å². The molecule has 5 heteroatoms. The van der Waals surface area contributed by atoms with E-state index in [2.05, 4.69) is 4.98 Å². The van der Waals surface area contributed by atoms with E-state index in [4.69, 9.17) is 0 Å². The average molecular weight is 358 g/mol. The topological polar surface area (TPSA) is 56.3 Å². The average Bonchev–Trinajstić information content (AvgIpc) is 3.21. The Morgan fingerprint density at radius 1 is 0.963 bits per heavy atom. The van der Waals surface area contributed by atoms with Gasteiger partial charge in [-0.15, -0.1) is 0 Å². The van der Waals surface area contributed by atoms with Gasteiger partial charge in [-0.2, -0.15) is 0 Å². The largest absolute Gasteiger partial charge is 0.361 e. The molecule has 5 rings (SSSR count). The zero-order chi connectivity index (χ0) is 18.6. The number of para-hydroxylation sites is 1. The third-order valence-corrected chi connectivity index (χ3v) is 5.25. The number of benzene rings is 3. The second-order valence-corrected chi connectivity index (χ2v) is 6.63. The Bertz CT molecular complexity index is 1190. The van der Waals surface area contributed by atoms with Crippen LogP contribution in [-0.2, 0) is 5.54 Å². The third-order valence-electron chi connectivity index (χ3n) is 5.25. The highest BCUT2D eigenvalue weighted by atomic mass is 19.1. The summed E-state index contributed by atoms with van der Waals surface area (Å²) in [5.74, 6) is -0.657. The van der Waals surface area contributed by atoms with Crippen LogP contribution in [0.5, 0.6) is 0 Å². The highest BCUT2D eigenvalue weighted by molar-refractivity contribution is 6.17. The number of halogens is 1. The molecular formula is C22H15FN2O2. The second-order valence-electron chi connectivity index (χ2n) is 6.63. The molecule has 1 atom stereocenters. The van der Waals surface area contributed by atoms with Crippen molar-refractivity contribution in [2.24, 2.45) is 0 Å². The van der Waals surface area contributed by atoms with Gasteiger partial charge in [-0.1, -0.05) is 42.5 Å². The molecule has 0 saturated heterocycles. The van der Waals surface area contributed by atoms with E-state index in [9.17, 15) is 14.4 Å². The Hall–Kier alpha value is -3.44. The van der Waals surface area contributed by atoms with Crippen LogP contribution >= 0.6 is 0 Å². The van der Waals surface area contributed by atoms with Crippen molar-refractivity contribution in [2.45, 2.75) is 5.54 Å². The zero-order valence-corrected chi connectivity index (χ0v) is 14.2. The second kappa shape index (κ2) is 5.53. The van der Waals surface area contributed by atoms with E-state index in [-0.39, 0.29) is 5.78 Å². The molecule has 2 heterocycles. The van der Waals surface area contributed by atoms with Crippen molar-refractivity contribution in [3.05, 3.63) is 102 Å². The number of ketones is 1. The van der Waals surface area contributed by atoms with E-state index in [1.54, 1.807) is 48.7 Å². The lowest BCUT2D eigenvalue weighted by Crippen LogP contribution is -2.47. The van der Waals surface area contributed by atoms with Crippen molar-refractivity contribution in [2.75, 3.05) is 5.06 Å². The zero-order valence-electron chi connectivity index (χ0n) is 14.2. The third kappa shape index (κ3) is 1.97. The molecule has 0 aliphatic carbocycles. The Balaban J connectivity index is 1.89. The first-order valence-electron chi connectivity index (χ1n) is 8.59. The Labute approximate surface area is 154 Å². The van der Waals surface area contributed by atoms with Crippen LogP contribution in [0.3, 0.4) is 0 Å². The molecule has 4 nitrogen and oxygen atoms in total. The van der Waals surface area contributed by atoms with Crippen molar-refractivity contribution in [3.63, 3.8) is 0 Å². The van der Waals surface area contributed by atoms with Gasteiger partial charge in [0, 0.05) is 28.2 Å². The number of Topliss-reactive ketones (excluding diaryl/α,β-unsaturated/α-hetero) is 1. The first-order chi connectivity index (χ1) is 13.1. The summed E-state index contributed by atoms with van der Waals surface area (Å²) in [6, 6.07) is 20.4. The molecule has 132 valence electrons. The predicted octanol–water partition coefficient (Wildman–Crippen LogP) is 4.64. The van der Waals surface area contributed by atoms with Crippen LogP contribution in [-0.4, -0.2) is 16.0 Å². The number of carbonyl (C=O) groups is 1. The van der Waals surface area contributed by atoms with E-state index in [1.165, 1.54) is 12.1 Å². The molecule has 2 N–H and O–H groups in total. The molecule has 4 aromatic rings. The fraction of sp³-hybridized carbons (Fsp3) is 0.0455. The molecule has 0 spiro atoms. The van der Waals surface area contributed by atoms with Gasteiger partial charge in [0.25, 0.3) is 0 Å². The smallest absolute Gasteiger partial charge is 0.202 e. The van der Waals surface area contributed by atoms with Crippen molar-refractivity contribution in [1.29, 1.82) is 0 Å². The molecule has 0 bridgehead atoms. The summed E-state index contributed by atoms with van der Waals surface area (Å²) in [5, 5.41) is 12.8. The number of anilines is 1. The minimum atomic E-state index is -1.49. The standard InChI is InChI=1S/C22H15FN2O2/c23-15-10-11-19-17(12-15)18(13-24-19)22(14-6-2-1-3-7-14)21(26)16-8-4-5-9-20(16)25(22)27/h1-13,24,27H/t22-/m0/s1. The summed E-state index contributed by atoms with van der Waals surface area (Å²) in [5.41, 5.74) is 1.17. The molecule has 0 amide bonds.